The van der Waals surface area contributed by atoms with Crippen molar-refractivity contribution in [3.05, 3.63) is 62.7 Å². The van der Waals surface area contributed by atoms with Crippen LogP contribution in [0.15, 0.2) is 36.4 Å². The molecule has 0 bridgehead atoms. The Kier molecular flexibility index (Phi) is 6.26. The van der Waals surface area contributed by atoms with E-state index in [0.717, 1.165) is 49.1 Å². The largest absolute Gasteiger partial charge is 0.332 e. The van der Waals surface area contributed by atoms with Gasteiger partial charge in [0.15, 0.2) is 10.9 Å². The van der Waals surface area contributed by atoms with Crippen LogP contribution in [-0.4, -0.2) is 30.8 Å². The summed E-state index contributed by atoms with van der Waals surface area (Å²) in [5, 5.41) is 21.5. The molecule has 0 radical (unpaired) electrons. The number of aromatic nitrogens is 4. The van der Waals surface area contributed by atoms with Gasteiger partial charge in [-0.3, -0.25) is 10.1 Å². The van der Waals surface area contributed by atoms with Crippen molar-refractivity contribution in [2.24, 2.45) is 0 Å². The van der Waals surface area contributed by atoms with Gasteiger partial charge in [-0.2, -0.15) is 9.61 Å². The number of anilines is 1. The molecule has 7 nitrogen and oxygen atoms in total. The summed E-state index contributed by atoms with van der Waals surface area (Å²) in [6.45, 7) is 3.97. The highest BCUT2D eigenvalue weighted by molar-refractivity contribution is 7.80. The summed E-state index contributed by atoms with van der Waals surface area (Å²) in [5.74, 6) is 0.434. The Morgan fingerprint density at radius 1 is 1.15 bits per heavy atom. The van der Waals surface area contributed by atoms with Crippen molar-refractivity contribution in [2.45, 2.75) is 20.3 Å². The van der Waals surface area contributed by atoms with Crippen LogP contribution in [0.2, 0.25) is 10.0 Å². The number of hydrogen-bond acceptors (Lipinski definition) is 7. The molecule has 2 aromatic carbocycles. The van der Waals surface area contributed by atoms with E-state index in [1.807, 2.05) is 32.0 Å². The lowest BCUT2D eigenvalue weighted by molar-refractivity contribution is 0.0982. The quantitative estimate of drug-likeness (QED) is 0.255. The number of carbonyl (C=O) groups is 1. The summed E-state index contributed by atoms with van der Waals surface area (Å²) >= 11 is 20.6. The molecule has 5 rings (SSSR count). The molecule has 0 atom stereocenters. The SMILES string of the molecule is CCc1nnc2sc(-c3ccc(C)c(NC(=S)NC(=O)c4sc5cc(Cl)ccc5c4Cl)c3)nn12. The van der Waals surface area contributed by atoms with Crippen molar-refractivity contribution < 1.29 is 4.79 Å². The number of hydrogen-bond donors (Lipinski definition) is 2. The first-order chi connectivity index (χ1) is 16.3. The Morgan fingerprint density at radius 2 is 1.97 bits per heavy atom. The highest BCUT2D eigenvalue weighted by Crippen LogP contribution is 2.36. The molecule has 3 heterocycles. The van der Waals surface area contributed by atoms with Crippen molar-refractivity contribution in [1.82, 2.24) is 25.1 Å². The van der Waals surface area contributed by atoms with Gasteiger partial charge in [0.05, 0.1) is 5.02 Å². The van der Waals surface area contributed by atoms with Gasteiger partial charge in [0.2, 0.25) is 4.96 Å². The van der Waals surface area contributed by atoms with Crippen molar-refractivity contribution in [3.63, 3.8) is 0 Å². The second kappa shape index (κ2) is 9.20. The van der Waals surface area contributed by atoms with Gasteiger partial charge >= 0.3 is 0 Å². The number of thiophene rings is 1. The van der Waals surface area contributed by atoms with Crippen LogP contribution in [0.1, 0.15) is 28.0 Å². The van der Waals surface area contributed by atoms with E-state index < -0.39 is 0 Å². The molecule has 0 aliphatic heterocycles. The third-order valence-electron chi connectivity index (χ3n) is 5.13. The molecule has 0 unspecified atom stereocenters. The Hall–Kier alpha value is -2.63. The molecule has 0 aliphatic rings. The average molecular weight is 548 g/mol. The molecule has 172 valence electrons. The summed E-state index contributed by atoms with van der Waals surface area (Å²) in [6, 6.07) is 11.2. The Labute approximate surface area is 217 Å². The predicted molar refractivity (Wildman–Crippen MR) is 144 cm³/mol. The standard InChI is InChI=1S/C22H16Cl2N6OS3/c1-3-16-27-28-22-30(16)29-20(34-22)11-5-4-10(2)14(8-11)25-21(32)26-19(31)18-17(24)13-7-6-12(23)9-15(13)33-18/h4-9H,3H2,1-2H3,(H2,25,26,31,32). The third kappa shape index (κ3) is 4.27. The smallest absolute Gasteiger partial charge is 0.269 e. The molecule has 0 aliphatic carbocycles. The number of aryl methyl sites for hydroxylation is 2. The minimum Gasteiger partial charge on any atom is -0.332 e. The summed E-state index contributed by atoms with van der Waals surface area (Å²) in [7, 11) is 0. The zero-order chi connectivity index (χ0) is 24.0. The summed E-state index contributed by atoms with van der Waals surface area (Å²) in [6.07, 6.45) is 0.746. The predicted octanol–water partition coefficient (Wildman–Crippen LogP) is 6.37. The van der Waals surface area contributed by atoms with Crippen molar-refractivity contribution in [2.75, 3.05) is 5.32 Å². The zero-order valence-corrected chi connectivity index (χ0v) is 21.8. The fraction of sp³-hybridized carbons (Fsp3) is 0.136. The van der Waals surface area contributed by atoms with Gasteiger partial charge in [0.25, 0.3) is 5.91 Å². The second-order valence-electron chi connectivity index (χ2n) is 7.39. The summed E-state index contributed by atoms with van der Waals surface area (Å²) < 4.78 is 2.60. The molecular weight excluding hydrogens is 531 g/mol. The normalized spacial score (nSPS) is 11.3. The molecule has 1 amide bonds. The molecule has 0 spiro atoms. The number of amides is 1. The molecule has 5 aromatic rings. The molecule has 3 aromatic heterocycles. The van der Waals surface area contributed by atoms with Crippen molar-refractivity contribution >= 4 is 89.8 Å². The Bertz CT molecular complexity index is 1590. The van der Waals surface area contributed by atoms with Crippen LogP contribution in [0.4, 0.5) is 5.69 Å². The Balaban J connectivity index is 1.35. The number of benzene rings is 2. The highest BCUT2D eigenvalue weighted by Gasteiger charge is 2.19. The molecule has 0 saturated heterocycles. The van der Waals surface area contributed by atoms with Crippen LogP contribution in [0.3, 0.4) is 0 Å². The minimum absolute atomic E-state index is 0.170. The van der Waals surface area contributed by atoms with E-state index in [1.165, 1.54) is 22.7 Å². The number of fused-ring (bicyclic) bond motifs is 2. The number of rotatable bonds is 4. The van der Waals surface area contributed by atoms with E-state index in [1.54, 1.807) is 22.7 Å². The molecule has 12 heteroatoms. The van der Waals surface area contributed by atoms with Crippen molar-refractivity contribution in [3.8, 4) is 10.6 Å². The van der Waals surface area contributed by atoms with Crippen LogP contribution in [-0.2, 0) is 6.42 Å². The maximum absolute atomic E-state index is 12.9. The van der Waals surface area contributed by atoms with Gasteiger partial charge in [0, 0.05) is 32.8 Å². The van der Waals surface area contributed by atoms with Gasteiger partial charge in [-0.15, -0.1) is 21.5 Å². The zero-order valence-electron chi connectivity index (χ0n) is 17.8. The monoisotopic (exact) mass is 546 g/mol. The summed E-state index contributed by atoms with van der Waals surface area (Å²) in [4.78, 5) is 14.0. The van der Waals surface area contributed by atoms with E-state index in [-0.39, 0.29) is 11.0 Å². The number of nitrogens with zero attached hydrogens (tertiary/aromatic N) is 4. The number of halogens is 2. The fourth-order valence-electron chi connectivity index (χ4n) is 3.38. The molecular formula is C22H16Cl2N6OS3. The summed E-state index contributed by atoms with van der Waals surface area (Å²) in [5.41, 5.74) is 2.63. The average Bonchev–Trinajstić information content (AvgIpc) is 3.48. The topological polar surface area (TPSA) is 84.2 Å². The first kappa shape index (κ1) is 23.1. The lowest BCUT2D eigenvalue weighted by Crippen LogP contribution is -2.34. The van der Waals surface area contributed by atoms with E-state index in [9.17, 15) is 4.79 Å². The number of carbonyl (C=O) groups excluding carboxylic acids is 1. The highest BCUT2D eigenvalue weighted by atomic mass is 35.5. The van der Waals surface area contributed by atoms with Crippen LogP contribution in [0, 0.1) is 6.92 Å². The maximum atomic E-state index is 12.9. The lowest BCUT2D eigenvalue weighted by atomic mass is 10.1. The molecule has 0 saturated carbocycles. The number of thiocarbonyl (C=S) groups is 1. The second-order valence-corrected chi connectivity index (χ2v) is 10.6. The lowest BCUT2D eigenvalue weighted by Gasteiger charge is -2.12. The molecule has 2 N–H and O–H groups in total. The van der Waals surface area contributed by atoms with Crippen LogP contribution < -0.4 is 10.6 Å². The first-order valence-electron chi connectivity index (χ1n) is 10.2. The molecule has 0 fully saturated rings. The van der Waals surface area contributed by atoms with Gasteiger partial charge in [-0.05, 0) is 42.9 Å². The van der Waals surface area contributed by atoms with Gasteiger partial charge < -0.3 is 5.32 Å². The van der Waals surface area contributed by atoms with E-state index in [4.69, 9.17) is 35.4 Å². The van der Waals surface area contributed by atoms with Gasteiger partial charge in [0.1, 0.15) is 9.88 Å². The Morgan fingerprint density at radius 3 is 2.76 bits per heavy atom. The van der Waals surface area contributed by atoms with Crippen LogP contribution >= 0.6 is 58.1 Å². The fourth-order valence-corrected chi connectivity index (χ4v) is 6.13. The number of nitrogens with one attached hydrogen (secondary N) is 2. The van der Waals surface area contributed by atoms with E-state index >= 15 is 0 Å². The van der Waals surface area contributed by atoms with Crippen LogP contribution in [0.25, 0.3) is 25.6 Å². The van der Waals surface area contributed by atoms with E-state index in [2.05, 4.69) is 25.9 Å². The minimum atomic E-state index is -0.380. The maximum Gasteiger partial charge on any atom is 0.269 e. The van der Waals surface area contributed by atoms with Crippen molar-refractivity contribution in [1.29, 1.82) is 0 Å². The van der Waals surface area contributed by atoms with Crippen LogP contribution in [0.5, 0.6) is 0 Å². The third-order valence-corrected chi connectivity index (χ3v) is 8.17. The van der Waals surface area contributed by atoms with Gasteiger partial charge in [-0.1, -0.05) is 59.7 Å². The first-order valence-corrected chi connectivity index (χ1v) is 13.0. The van der Waals surface area contributed by atoms with Gasteiger partial charge in [-0.25, -0.2) is 0 Å². The molecule has 34 heavy (non-hydrogen) atoms. The van der Waals surface area contributed by atoms with E-state index in [0.29, 0.717) is 14.9 Å².